The molecule has 0 aromatic carbocycles. The molecule has 0 fully saturated rings. The molecule has 3 nitrogen and oxygen atoms in total. The highest BCUT2D eigenvalue weighted by Gasteiger charge is 2.21. The Labute approximate surface area is 97.2 Å². The zero-order valence-electron chi connectivity index (χ0n) is 7.18. The Morgan fingerprint density at radius 3 is 2.73 bits per heavy atom. The molecule has 1 aromatic heterocycles. The van der Waals surface area contributed by atoms with Crippen molar-refractivity contribution in [3.63, 3.8) is 0 Å². The van der Waals surface area contributed by atoms with Crippen LogP contribution >= 0.6 is 27.5 Å². The average molecular weight is 300 g/mol. The Balaban J connectivity index is 3.26. The fourth-order valence-corrected chi connectivity index (χ4v) is 1.58. The molecule has 1 aromatic rings. The van der Waals surface area contributed by atoms with Gasteiger partial charge in [-0.1, -0.05) is 11.6 Å². The van der Waals surface area contributed by atoms with Crippen molar-refractivity contribution in [3.05, 3.63) is 26.9 Å². The molecule has 0 saturated carbocycles. The van der Waals surface area contributed by atoms with Gasteiger partial charge in [0.1, 0.15) is 0 Å². The number of hydrogen-bond acceptors (Lipinski definition) is 2. The van der Waals surface area contributed by atoms with E-state index in [9.17, 15) is 13.6 Å². The number of aliphatic carboxylic acids is 1. The summed E-state index contributed by atoms with van der Waals surface area (Å²) in [6, 6.07) is 0. The van der Waals surface area contributed by atoms with Crippen LogP contribution < -0.4 is 0 Å². The number of nitrogens with zero attached hydrogens (tertiary/aromatic N) is 1. The Morgan fingerprint density at radius 1 is 1.67 bits per heavy atom. The molecule has 0 amide bonds. The second-order valence-electron chi connectivity index (χ2n) is 2.65. The molecule has 82 valence electrons. The van der Waals surface area contributed by atoms with Gasteiger partial charge in [-0.05, 0) is 15.9 Å². The molecule has 0 aliphatic carbocycles. The van der Waals surface area contributed by atoms with Crippen LogP contribution in [0.25, 0.3) is 0 Å². The number of halogens is 4. The molecule has 0 aliphatic heterocycles. The van der Waals surface area contributed by atoms with Gasteiger partial charge in [0.25, 0.3) is 6.43 Å². The van der Waals surface area contributed by atoms with Gasteiger partial charge in [-0.2, -0.15) is 0 Å². The highest BCUT2D eigenvalue weighted by molar-refractivity contribution is 9.10. The summed E-state index contributed by atoms with van der Waals surface area (Å²) in [4.78, 5) is 14.0. The van der Waals surface area contributed by atoms with Crippen LogP contribution in [0.15, 0.2) is 10.7 Å². The van der Waals surface area contributed by atoms with Crippen molar-refractivity contribution in [1.82, 2.24) is 4.98 Å². The van der Waals surface area contributed by atoms with Crippen LogP contribution in [0.3, 0.4) is 0 Å². The second-order valence-corrected chi connectivity index (χ2v) is 3.88. The normalized spacial score (nSPS) is 10.7. The van der Waals surface area contributed by atoms with Gasteiger partial charge in [0.15, 0.2) is 0 Å². The van der Waals surface area contributed by atoms with E-state index < -0.39 is 24.4 Å². The van der Waals surface area contributed by atoms with Crippen LogP contribution in [0.2, 0.25) is 5.02 Å². The van der Waals surface area contributed by atoms with Crippen molar-refractivity contribution in [2.45, 2.75) is 12.8 Å². The van der Waals surface area contributed by atoms with E-state index in [2.05, 4.69) is 20.9 Å². The number of carbonyl (C=O) groups is 1. The van der Waals surface area contributed by atoms with Gasteiger partial charge in [0, 0.05) is 6.20 Å². The molecular formula is C8H5BrClF2NO2. The zero-order chi connectivity index (χ0) is 11.6. The van der Waals surface area contributed by atoms with Crippen LogP contribution in [0.5, 0.6) is 0 Å². The third kappa shape index (κ3) is 2.85. The Kier molecular flexibility index (Phi) is 3.98. The molecular weight excluding hydrogens is 295 g/mol. The summed E-state index contributed by atoms with van der Waals surface area (Å²) in [5.41, 5.74) is -0.751. The predicted molar refractivity (Wildman–Crippen MR) is 53.2 cm³/mol. The maximum Gasteiger partial charge on any atom is 0.309 e. The summed E-state index contributed by atoms with van der Waals surface area (Å²) in [6.07, 6.45) is -2.23. The van der Waals surface area contributed by atoms with Crippen LogP contribution in [0.1, 0.15) is 17.7 Å². The third-order valence-corrected chi connectivity index (χ3v) is 2.86. The standard InChI is InChI=1S/C8H5BrClF2NO2/c9-3-2-13-4(1-5(14)15)6(7(3)10)8(11)12/h2,8H,1H2,(H,14,15). The van der Waals surface area contributed by atoms with E-state index >= 15 is 0 Å². The summed E-state index contributed by atoms with van der Waals surface area (Å²) in [5, 5.41) is 8.30. The predicted octanol–water partition coefficient (Wildman–Crippen LogP) is 3.06. The zero-order valence-corrected chi connectivity index (χ0v) is 9.52. The minimum Gasteiger partial charge on any atom is -0.481 e. The molecule has 0 radical (unpaired) electrons. The van der Waals surface area contributed by atoms with Gasteiger partial charge >= 0.3 is 5.97 Å². The Morgan fingerprint density at radius 2 is 2.27 bits per heavy atom. The lowest BCUT2D eigenvalue weighted by molar-refractivity contribution is -0.136. The van der Waals surface area contributed by atoms with Crippen LogP contribution in [-0.2, 0) is 11.2 Å². The number of aromatic nitrogens is 1. The molecule has 0 bridgehead atoms. The van der Waals surface area contributed by atoms with E-state index in [0.717, 1.165) is 0 Å². The molecule has 15 heavy (non-hydrogen) atoms. The van der Waals surface area contributed by atoms with Crippen molar-refractivity contribution >= 4 is 33.5 Å². The summed E-state index contributed by atoms with van der Waals surface area (Å²) >= 11 is 8.56. The van der Waals surface area contributed by atoms with E-state index in [1.807, 2.05) is 0 Å². The van der Waals surface area contributed by atoms with Crippen molar-refractivity contribution in [2.24, 2.45) is 0 Å². The molecule has 7 heteroatoms. The topological polar surface area (TPSA) is 50.2 Å². The van der Waals surface area contributed by atoms with Gasteiger partial charge in [-0.15, -0.1) is 0 Å². The first-order valence-corrected chi connectivity index (χ1v) is 4.93. The number of pyridine rings is 1. The fraction of sp³-hybridized carbons (Fsp3) is 0.250. The number of rotatable bonds is 3. The SMILES string of the molecule is O=C(O)Cc1ncc(Br)c(Cl)c1C(F)F. The van der Waals surface area contributed by atoms with Gasteiger partial charge in [0.2, 0.25) is 0 Å². The van der Waals surface area contributed by atoms with E-state index in [4.69, 9.17) is 16.7 Å². The smallest absolute Gasteiger partial charge is 0.309 e. The highest BCUT2D eigenvalue weighted by atomic mass is 79.9. The van der Waals surface area contributed by atoms with E-state index in [0.29, 0.717) is 0 Å². The van der Waals surface area contributed by atoms with Crippen LogP contribution in [-0.4, -0.2) is 16.1 Å². The minimum absolute atomic E-state index is 0.198. The monoisotopic (exact) mass is 299 g/mol. The third-order valence-electron chi connectivity index (χ3n) is 1.63. The summed E-state index contributed by atoms with van der Waals surface area (Å²) in [7, 11) is 0. The van der Waals surface area contributed by atoms with Gasteiger partial charge in [-0.25, -0.2) is 8.78 Å². The molecule has 1 N–H and O–H groups in total. The number of alkyl halides is 2. The van der Waals surface area contributed by atoms with Gasteiger partial charge < -0.3 is 5.11 Å². The van der Waals surface area contributed by atoms with E-state index in [1.165, 1.54) is 6.20 Å². The first-order chi connectivity index (χ1) is 6.93. The maximum atomic E-state index is 12.6. The fourth-order valence-electron chi connectivity index (χ4n) is 1.02. The van der Waals surface area contributed by atoms with Gasteiger partial charge in [-0.3, -0.25) is 9.78 Å². The molecule has 0 aliphatic rings. The Hall–Kier alpha value is -0.750. The Bertz CT molecular complexity index is 400. The molecule has 1 heterocycles. The van der Waals surface area contributed by atoms with E-state index in [-0.39, 0.29) is 15.2 Å². The average Bonchev–Trinajstić information content (AvgIpc) is 2.10. The number of hydrogen-bond donors (Lipinski definition) is 1. The first kappa shape index (κ1) is 12.3. The van der Waals surface area contributed by atoms with E-state index in [1.54, 1.807) is 0 Å². The van der Waals surface area contributed by atoms with Crippen molar-refractivity contribution < 1.29 is 18.7 Å². The van der Waals surface area contributed by atoms with Crippen molar-refractivity contribution in [2.75, 3.05) is 0 Å². The summed E-state index contributed by atoms with van der Waals surface area (Å²) in [5.74, 6) is -1.23. The maximum absolute atomic E-state index is 12.6. The molecule has 0 unspecified atom stereocenters. The van der Waals surface area contributed by atoms with Gasteiger partial charge in [0.05, 0.1) is 27.2 Å². The first-order valence-electron chi connectivity index (χ1n) is 3.76. The molecule has 0 saturated heterocycles. The minimum atomic E-state index is -2.85. The number of carboxylic acids is 1. The summed E-state index contributed by atoms with van der Waals surface area (Å²) in [6.45, 7) is 0. The lowest BCUT2D eigenvalue weighted by Gasteiger charge is -2.09. The molecule has 1 rings (SSSR count). The lowest BCUT2D eigenvalue weighted by Crippen LogP contribution is -2.07. The molecule has 0 spiro atoms. The summed E-state index contributed by atoms with van der Waals surface area (Å²) < 4.78 is 25.4. The largest absolute Gasteiger partial charge is 0.481 e. The second kappa shape index (κ2) is 4.85. The highest BCUT2D eigenvalue weighted by Crippen LogP contribution is 2.34. The van der Waals surface area contributed by atoms with Crippen LogP contribution in [0, 0.1) is 0 Å². The van der Waals surface area contributed by atoms with Crippen molar-refractivity contribution in [1.29, 1.82) is 0 Å². The number of carboxylic acid groups (broad SMARTS) is 1. The quantitative estimate of drug-likeness (QED) is 0.933. The lowest BCUT2D eigenvalue weighted by atomic mass is 10.1. The van der Waals surface area contributed by atoms with Crippen LogP contribution in [0.4, 0.5) is 8.78 Å². The molecule has 0 atom stereocenters. The van der Waals surface area contributed by atoms with Crippen molar-refractivity contribution in [3.8, 4) is 0 Å².